The van der Waals surface area contributed by atoms with E-state index in [2.05, 4.69) is 5.16 Å². The third-order valence-corrected chi connectivity index (χ3v) is 2.84. The average Bonchev–Trinajstić information content (AvgIpc) is 2.99. The molecule has 0 N–H and O–H groups in total. The largest absolute Gasteiger partial charge is 0.535 e. The van der Waals surface area contributed by atoms with Crippen molar-refractivity contribution >= 4 is 12.8 Å². The van der Waals surface area contributed by atoms with E-state index in [1.54, 1.807) is 0 Å². The summed E-state index contributed by atoms with van der Waals surface area (Å²) in [5, 5.41) is 4.10. The molecule has 1 aliphatic heterocycles. The van der Waals surface area contributed by atoms with Crippen LogP contribution in [0.25, 0.3) is 11.3 Å². The zero-order valence-electron chi connectivity index (χ0n) is 9.55. The number of hydrogen-bond donors (Lipinski definition) is 0. The summed E-state index contributed by atoms with van der Waals surface area (Å²) in [4.78, 5) is 0. The lowest BCUT2D eigenvalue weighted by Gasteiger charge is -2.00. The molecule has 0 unspecified atom stereocenters. The van der Waals surface area contributed by atoms with Crippen LogP contribution in [0.4, 0.5) is 0 Å². The first kappa shape index (κ1) is 10.6. The summed E-state index contributed by atoms with van der Waals surface area (Å²) in [6.07, 6.45) is 0. The number of benzene rings is 1. The van der Waals surface area contributed by atoms with Crippen LogP contribution in [0.2, 0.25) is 0 Å². The van der Waals surface area contributed by atoms with Gasteiger partial charge in [-0.2, -0.15) is 0 Å². The van der Waals surface area contributed by atoms with Gasteiger partial charge in [0.25, 0.3) is 0 Å². The SMILES string of the molecule is Cc1c(-c2ccccc2)noc1B1OCCO1. The van der Waals surface area contributed by atoms with Crippen LogP contribution in [0.1, 0.15) is 5.56 Å². The zero-order chi connectivity index (χ0) is 11.7. The maximum absolute atomic E-state index is 5.41. The lowest BCUT2D eigenvalue weighted by molar-refractivity contribution is 0.363. The minimum atomic E-state index is -0.403. The lowest BCUT2D eigenvalue weighted by Crippen LogP contribution is -2.32. The smallest absolute Gasteiger partial charge is 0.403 e. The number of nitrogens with zero attached hydrogens (tertiary/aromatic N) is 1. The van der Waals surface area contributed by atoms with Crippen molar-refractivity contribution in [1.82, 2.24) is 5.16 Å². The molecule has 1 fully saturated rings. The molecular weight excluding hydrogens is 217 g/mol. The first-order valence-corrected chi connectivity index (χ1v) is 5.61. The summed E-state index contributed by atoms with van der Waals surface area (Å²) >= 11 is 0. The van der Waals surface area contributed by atoms with Crippen molar-refractivity contribution in [2.45, 2.75) is 6.92 Å². The first-order chi connectivity index (χ1) is 8.36. The molecule has 0 aliphatic carbocycles. The molecule has 0 spiro atoms. The van der Waals surface area contributed by atoms with E-state index in [0.717, 1.165) is 16.8 Å². The Kier molecular flexibility index (Phi) is 2.70. The van der Waals surface area contributed by atoms with Crippen molar-refractivity contribution in [3.63, 3.8) is 0 Å². The van der Waals surface area contributed by atoms with Crippen molar-refractivity contribution in [2.75, 3.05) is 13.2 Å². The van der Waals surface area contributed by atoms with E-state index in [1.165, 1.54) is 0 Å². The van der Waals surface area contributed by atoms with Gasteiger partial charge in [-0.15, -0.1) is 0 Å². The van der Waals surface area contributed by atoms with E-state index < -0.39 is 7.12 Å². The molecule has 0 atom stereocenters. The molecular formula is C12H12BNO3. The van der Waals surface area contributed by atoms with Crippen LogP contribution < -0.4 is 5.66 Å². The highest BCUT2D eigenvalue weighted by Gasteiger charge is 2.33. The minimum absolute atomic E-state index is 0.403. The molecule has 2 heterocycles. The number of rotatable bonds is 2. The highest BCUT2D eigenvalue weighted by Crippen LogP contribution is 2.20. The predicted molar refractivity (Wildman–Crippen MR) is 64.0 cm³/mol. The monoisotopic (exact) mass is 229 g/mol. The normalized spacial score (nSPS) is 15.5. The van der Waals surface area contributed by atoms with Gasteiger partial charge < -0.3 is 13.8 Å². The van der Waals surface area contributed by atoms with Gasteiger partial charge in [0.1, 0.15) is 5.69 Å². The van der Waals surface area contributed by atoms with Crippen LogP contribution in [-0.4, -0.2) is 25.5 Å². The molecule has 17 heavy (non-hydrogen) atoms. The minimum Gasteiger partial charge on any atom is -0.403 e. The van der Waals surface area contributed by atoms with Crippen molar-refractivity contribution in [3.05, 3.63) is 35.9 Å². The van der Waals surface area contributed by atoms with Crippen molar-refractivity contribution in [3.8, 4) is 11.3 Å². The Bertz CT molecular complexity index is 506. The molecule has 0 amide bonds. The van der Waals surface area contributed by atoms with E-state index in [1.807, 2.05) is 37.3 Å². The van der Waals surface area contributed by atoms with Gasteiger partial charge in [0.15, 0.2) is 5.66 Å². The zero-order valence-corrected chi connectivity index (χ0v) is 9.55. The Morgan fingerprint density at radius 2 is 1.82 bits per heavy atom. The highest BCUT2D eigenvalue weighted by molar-refractivity contribution is 6.60. The first-order valence-electron chi connectivity index (χ1n) is 5.61. The maximum Gasteiger partial charge on any atom is 0.535 e. The van der Waals surface area contributed by atoms with Crippen molar-refractivity contribution in [1.29, 1.82) is 0 Å². The lowest BCUT2D eigenvalue weighted by atomic mass is 9.83. The van der Waals surface area contributed by atoms with Crippen LogP contribution in [0.3, 0.4) is 0 Å². The van der Waals surface area contributed by atoms with Crippen molar-refractivity contribution in [2.24, 2.45) is 0 Å². The van der Waals surface area contributed by atoms with Gasteiger partial charge in [-0.3, -0.25) is 0 Å². The molecule has 0 bridgehead atoms. The van der Waals surface area contributed by atoms with Crippen LogP contribution >= 0.6 is 0 Å². The Balaban J connectivity index is 1.97. The highest BCUT2D eigenvalue weighted by atomic mass is 16.6. The number of aromatic nitrogens is 1. The van der Waals surface area contributed by atoms with Crippen LogP contribution in [0.5, 0.6) is 0 Å². The Hall–Kier alpha value is -1.59. The fourth-order valence-electron chi connectivity index (χ4n) is 1.94. The van der Waals surface area contributed by atoms with E-state index in [9.17, 15) is 0 Å². The summed E-state index contributed by atoms with van der Waals surface area (Å²) in [5.41, 5.74) is 3.53. The maximum atomic E-state index is 5.41. The quantitative estimate of drug-likeness (QED) is 0.730. The fraction of sp³-hybridized carbons (Fsp3) is 0.250. The van der Waals surface area contributed by atoms with Crippen LogP contribution in [0, 0.1) is 6.92 Å². The second-order valence-corrected chi connectivity index (χ2v) is 3.96. The Labute approximate surface area is 99.7 Å². The summed E-state index contributed by atoms with van der Waals surface area (Å²) in [6.45, 7) is 3.18. The van der Waals surface area contributed by atoms with E-state index in [4.69, 9.17) is 13.8 Å². The summed E-state index contributed by atoms with van der Waals surface area (Å²) < 4.78 is 16.2. The van der Waals surface area contributed by atoms with Crippen molar-refractivity contribution < 1.29 is 13.8 Å². The number of hydrogen-bond acceptors (Lipinski definition) is 4. The molecule has 4 nitrogen and oxygen atoms in total. The molecule has 2 aromatic rings. The van der Waals surface area contributed by atoms with Gasteiger partial charge in [0.05, 0.1) is 13.2 Å². The summed E-state index contributed by atoms with van der Waals surface area (Å²) in [5.74, 6) is 0. The van der Waals surface area contributed by atoms with E-state index in [-0.39, 0.29) is 0 Å². The van der Waals surface area contributed by atoms with Crippen LogP contribution in [0.15, 0.2) is 34.9 Å². The standard InChI is InChI=1S/C12H12BNO3/c1-9-11(10-5-3-2-4-6-10)14-17-12(9)13-15-7-8-16-13/h2-6H,7-8H2,1H3. The molecule has 0 saturated carbocycles. The average molecular weight is 229 g/mol. The molecule has 86 valence electrons. The van der Waals surface area contributed by atoms with Gasteiger partial charge in [-0.05, 0) is 6.92 Å². The van der Waals surface area contributed by atoms with Gasteiger partial charge >= 0.3 is 7.12 Å². The molecule has 1 aromatic heterocycles. The van der Waals surface area contributed by atoms with Gasteiger partial charge in [-0.1, -0.05) is 35.5 Å². The molecule has 0 radical (unpaired) electrons. The fourth-order valence-corrected chi connectivity index (χ4v) is 1.94. The molecule has 1 saturated heterocycles. The Morgan fingerprint density at radius 3 is 2.53 bits per heavy atom. The Morgan fingerprint density at radius 1 is 1.12 bits per heavy atom. The van der Waals surface area contributed by atoms with Gasteiger partial charge in [-0.25, -0.2) is 0 Å². The van der Waals surface area contributed by atoms with E-state index in [0.29, 0.717) is 18.9 Å². The third-order valence-electron chi connectivity index (χ3n) is 2.84. The van der Waals surface area contributed by atoms with E-state index >= 15 is 0 Å². The van der Waals surface area contributed by atoms with Crippen LogP contribution in [-0.2, 0) is 9.31 Å². The topological polar surface area (TPSA) is 44.5 Å². The van der Waals surface area contributed by atoms with Gasteiger partial charge in [0.2, 0.25) is 0 Å². The molecule has 1 aliphatic rings. The molecule has 3 rings (SSSR count). The molecule has 5 heteroatoms. The van der Waals surface area contributed by atoms with Gasteiger partial charge in [0, 0.05) is 11.1 Å². The predicted octanol–water partition coefficient (Wildman–Crippen LogP) is 1.39. The second kappa shape index (κ2) is 4.35. The molecule has 1 aromatic carbocycles. The second-order valence-electron chi connectivity index (χ2n) is 3.96. The third kappa shape index (κ3) is 1.88. The summed E-state index contributed by atoms with van der Waals surface area (Å²) in [7, 11) is -0.403. The summed E-state index contributed by atoms with van der Waals surface area (Å²) in [6, 6.07) is 9.94.